The Hall–Kier alpha value is -0.570. The third-order valence-electron chi connectivity index (χ3n) is 4.75. The van der Waals surface area contributed by atoms with Crippen LogP contribution >= 0.6 is 0 Å². The van der Waals surface area contributed by atoms with Gasteiger partial charge in [-0.3, -0.25) is 4.79 Å². The van der Waals surface area contributed by atoms with E-state index >= 15 is 0 Å². The predicted octanol–water partition coefficient (Wildman–Crippen LogP) is 1.29. The van der Waals surface area contributed by atoms with Crippen molar-refractivity contribution in [3.8, 4) is 0 Å². The van der Waals surface area contributed by atoms with Crippen LogP contribution in [-0.2, 0) is 4.79 Å². The second kappa shape index (κ2) is 3.73. The number of rotatable bonds is 2. The number of hydrogen-bond acceptors (Lipinski definition) is 2. The Bertz CT molecular complexity index is 284. The second-order valence-electron chi connectivity index (χ2n) is 6.11. The summed E-state index contributed by atoms with van der Waals surface area (Å²) in [4.78, 5) is 12.2. The van der Waals surface area contributed by atoms with Crippen LogP contribution in [0.1, 0.15) is 39.0 Å². The minimum absolute atomic E-state index is 0.0167. The molecule has 0 aromatic heterocycles. The van der Waals surface area contributed by atoms with Gasteiger partial charge in [0, 0.05) is 12.5 Å². The van der Waals surface area contributed by atoms with Crippen molar-refractivity contribution in [2.45, 2.75) is 44.6 Å². The number of fused-ring (bicyclic) bond motifs is 1. The van der Waals surface area contributed by atoms with Crippen molar-refractivity contribution in [1.82, 2.24) is 10.6 Å². The van der Waals surface area contributed by atoms with Crippen LogP contribution in [0.25, 0.3) is 0 Å². The van der Waals surface area contributed by atoms with Crippen molar-refractivity contribution >= 4 is 5.91 Å². The Labute approximate surface area is 97.4 Å². The van der Waals surface area contributed by atoms with E-state index in [0.29, 0.717) is 11.8 Å². The molecule has 1 aliphatic heterocycles. The minimum Gasteiger partial charge on any atom is -0.349 e. The van der Waals surface area contributed by atoms with E-state index < -0.39 is 0 Å². The predicted molar refractivity (Wildman–Crippen MR) is 63.0 cm³/mol. The van der Waals surface area contributed by atoms with Crippen LogP contribution in [-0.4, -0.2) is 24.5 Å². The molecule has 3 nitrogen and oxygen atoms in total. The summed E-state index contributed by atoms with van der Waals surface area (Å²) in [6.45, 7) is 4.13. The van der Waals surface area contributed by atoms with E-state index in [0.717, 1.165) is 31.3 Å². The molecule has 3 unspecified atom stereocenters. The van der Waals surface area contributed by atoms with E-state index in [4.69, 9.17) is 0 Å². The number of carbonyl (C=O) groups excluding carboxylic acids is 1. The molecule has 2 saturated carbocycles. The molecule has 2 aliphatic carbocycles. The summed E-state index contributed by atoms with van der Waals surface area (Å²) in [5.41, 5.74) is 0.0167. The van der Waals surface area contributed by atoms with Crippen molar-refractivity contribution in [3.05, 3.63) is 0 Å². The van der Waals surface area contributed by atoms with Crippen LogP contribution in [0.5, 0.6) is 0 Å². The lowest BCUT2D eigenvalue weighted by Gasteiger charge is -2.24. The topological polar surface area (TPSA) is 41.1 Å². The third-order valence-corrected chi connectivity index (χ3v) is 4.75. The van der Waals surface area contributed by atoms with Gasteiger partial charge in [0.15, 0.2) is 0 Å². The monoisotopic (exact) mass is 222 g/mol. The highest BCUT2D eigenvalue weighted by molar-refractivity contribution is 5.83. The molecule has 0 aromatic carbocycles. The lowest BCUT2D eigenvalue weighted by atomic mass is 10.0. The van der Waals surface area contributed by atoms with E-state index in [1.165, 1.54) is 25.7 Å². The first-order valence-corrected chi connectivity index (χ1v) is 6.72. The molecule has 3 heteroatoms. The highest BCUT2D eigenvalue weighted by Gasteiger charge is 2.55. The molecule has 16 heavy (non-hydrogen) atoms. The van der Waals surface area contributed by atoms with Gasteiger partial charge in [0.25, 0.3) is 0 Å². The van der Waals surface area contributed by atoms with Gasteiger partial charge in [0.2, 0.25) is 5.91 Å². The summed E-state index contributed by atoms with van der Waals surface area (Å²) in [6, 6.07) is 0. The average Bonchev–Trinajstić information content (AvgIpc) is 2.86. The summed E-state index contributed by atoms with van der Waals surface area (Å²) in [7, 11) is 0. The minimum atomic E-state index is 0.0167. The zero-order chi connectivity index (χ0) is 11.2. The van der Waals surface area contributed by atoms with Gasteiger partial charge in [-0.1, -0.05) is 12.8 Å². The number of amides is 1. The van der Waals surface area contributed by atoms with Crippen molar-refractivity contribution in [3.63, 3.8) is 0 Å². The molecule has 2 N–H and O–H groups in total. The fourth-order valence-corrected chi connectivity index (χ4v) is 3.69. The van der Waals surface area contributed by atoms with Gasteiger partial charge in [-0.15, -0.1) is 0 Å². The Morgan fingerprint density at radius 1 is 1.31 bits per heavy atom. The van der Waals surface area contributed by atoms with Crippen LogP contribution in [0.4, 0.5) is 0 Å². The lowest BCUT2D eigenvalue weighted by molar-refractivity contribution is -0.124. The van der Waals surface area contributed by atoms with Gasteiger partial charge in [-0.05, 0) is 44.6 Å². The number of nitrogens with one attached hydrogen (secondary N) is 2. The Morgan fingerprint density at radius 2 is 2.00 bits per heavy atom. The Balaban J connectivity index is 1.58. The Morgan fingerprint density at radius 3 is 2.56 bits per heavy atom. The van der Waals surface area contributed by atoms with E-state index in [1.807, 2.05) is 0 Å². The Kier molecular flexibility index (Phi) is 2.46. The van der Waals surface area contributed by atoms with Gasteiger partial charge in [0.05, 0.1) is 5.54 Å². The average molecular weight is 222 g/mol. The second-order valence-corrected chi connectivity index (χ2v) is 6.11. The standard InChI is InChI=1S/C13H22N2O/c1-13(6-7-14-8-13)15-12(16)11-9-4-2-3-5-10(9)11/h9-11,14H,2-8H2,1H3,(H,15,16). The molecule has 3 aliphatic rings. The van der Waals surface area contributed by atoms with Gasteiger partial charge in [0.1, 0.15) is 0 Å². The van der Waals surface area contributed by atoms with Crippen molar-refractivity contribution in [1.29, 1.82) is 0 Å². The van der Waals surface area contributed by atoms with Gasteiger partial charge < -0.3 is 10.6 Å². The van der Waals surface area contributed by atoms with Gasteiger partial charge in [-0.2, -0.15) is 0 Å². The molecule has 1 saturated heterocycles. The maximum absolute atomic E-state index is 12.2. The molecule has 90 valence electrons. The van der Waals surface area contributed by atoms with E-state index in [-0.39, 0.29) is 5.54 Å². The molecule has 0 bridgehead atoms. The highest BCUT2D eigenvalue weighted by atomic mass is 16.2. The normalized spacial score (nSPS) is 46.2. The summed E-state index contributed by atoms with van der Waals surface area (Å²) < 4.78 is 0. The smallest absolute Gasteiger partial charge is 0.224 e. The van der Waals surface area contributed by atoms with Crippen molar-refractivity contribution in [2.24, 2.45) is 17.8 Å². The highest BCUT2D eigenvalue weighted by Crippen LogP contribution is 2.55. The molecule has 0 radical (unpaired) electrons. The summed E-state index contributed by atoms with van der Waals surface area (Å²) in [6.07, 6.45) is 6.32. The summed E-state index contributed by atoms with van der Waals surface area (Å²) >= 11 is 0. The molecule has 0 aromatic rings. The maximum Gasteiger partial charge on any atom is 0.224 e. The van der Waals surface area contributed by atoms with Crippen LogP contribution < -0.4 is 10.6 Å². The fraction of sp³-hybridized carbons (Fsp3) is 0.923. The van der Waals surface area contributed by atoms with Crippen LogP contribution in [0.2, 0.25) is 0 Å². The van der Waals surface area contributed by atoms with E-state index in [9.17, 15) is 4.79 Å². The number of hydrogen-bond donors (Lipinski definition) is 2. The van der Waals surface area contributed by atoms with Crippen LogP contribution in [0.3, 0.4) is 0 Å². The molecule has 1 heterocycles. The third kappa shape index (κ3) is 1.75. The van der Waals surface area contributed by atoms with Crippen molar-refractivity contribution in [2.75, 3.05) is 13.1 Å². The largest absolute Gasteiger partial charge is 0.349 e. The maximum atomic E-state index is 12.2. The number of carbonyl (C=O) groups is 1. The first-order chi connectivity index (χ1) is 7.70. The van der Waals surface area contributed by atoms with E-state index in [2.05, 4.69) is 17.6 Å². The zero-order valence-corrected chi connectivity index (χ0v) is 10.1. The zero-order valence-electron chi connectivity index (χ0n) is 10.1. The van der Waals surface area contributed by atoms with Crippen LogP contribution in [0.15, 0.2) is 0 Å². The molecule has 3 atom stereocenters. The first-order valence-electron chi connectivity index (χ1n) is 6.72. The molecule has 3 fully saturated rings. The summed E-state index contributed by atoms with van der Waals surface area (Å²) in [5, 5.41) is 6.60. The van der Waals surface area contributed by atoms with E-state index in [1.54, 1.807) is 0 Å². The molecule has 3 rings (SSSR count). The van der Waals surface area contributed by atoms with Gasteiger partial charge in [-0.25, -0.2) is 0 Å². The molecule has 1 amide bonds. The van der Waals surface area contributed by atoms with Crippen molar-refractivity contribution < 1.29 is 4.79 Å². The fourth-order valence-electron chi connectivity index (χ4n) is 3.69. The first kappa shape index (κ1) is 10.6. The quantitative estimate of drug-likeness (QED) is 0.739. The van der Waals surface area contributed by atoms with Gasteiger partial charge >= 0.3 is 0 Å². The van der Waals surface area contributed by atoms with Crippen LogP contribution in [0, 0.1) is 17.8 Å². The molecular weight excluding hydrogens is 200 g/mol. The SMILES string of the molecule is CC1(NC(=O)C2C3CCCCC32)CCNC1. The molecule has 0 spiro atoms. The lowest BCUT2D eigenvalue weighted by Crippen LogP contribution is -2.48. The molecular formula is C13H22N2O. The summed E-state index contributed by atoms with van der Waals surface area (Å²) in [5.74, 6) is 2.15.